The first-order valence-corrected chi connectivity index (χ1v) is 3.47. The maximum atomic E-state index is 9.85. The zero-order valence-corrected chi connectivity index (χ0v) is 5.67. The highest BCUT2D eigenvalue weighted by Gasteiger charge is 2.30. The van der Waals surface area contributed by atoms with Crippen LogP contribution in [-0.2, 0) is 9.53 Å². The van der Waals surface area contributed by atoms with Crippen molar-refractivity contribution >= 4 is 6.47 Å². The van der Waals surface area contributed by atoms with Crippen LogP contribution in [0.3, 0.4) is 0 Å². The van der Waals surface area contributed by atoms with Gasteiger partial charge in [-0.2, -0.15) is 0 Å². The molecule has 0 aromatic heterocycles. The summed E-state index contributed by atoms with van der Waals surface area (Å²) in [5.74, 6) is 0.648. The Labute approximate surface area is 55.2 Å². The van der Waals surface area contributed by atoms with Crippen LogP contribution in [0.4, 0.5) is 0 Å². The second-order valence-corrected chi connectivity index (χ2v) is 2.52. The van der Waals surface area contributed by atoms with E-state index >= 15 is 0 Å². The highest BCUT2D eigenvalue weighted by molar-refractivity contribution is 5.37. The van der Waals surface area contributed by atoms with Gasteiger partial charge in [0.1, 0.15) is 6.10 Å². The summed E-state index contributed by atoms with van der Waals surface area (Å²) in [7, 11) is 0. The normalized spacial score (nSPS) is 33.0. The van der Waals surface area contributed by atoms with E-state index in [-0.39, 0.29) is 6.10 Å². The lowest BCUT2D eigenvalue weighted by Crippen LogP contribution is -2.33. The van der Waals surface area contributed by atoms with Crippen molar-refractivity contribution in [3.63, 3.8) is 0 Å². The minimum absolute atomic E-state index is 0.243. The minimum atomic E-state index is 0.243. The molecule has 1 fully saturated rings. The van der Waals surface area contributed by atoms with Gasteiger partial charge in [0.15, 0.2) is 0 Å². The molecule has 0 saturated heterocycles. The molecule has 1 rings (SSSR count). The Kier molecular flexibility index (Phi) is 2.09. The minimum Gasteiger partial charge on any atom is -0.464 e. The molecule has 0 radical (unpaired) electrons. The van der Waals surface area contributed by atoms with Crippen molar-refractivity contribution in [2.45, 2.75) is 32.3 Å². The van der Waals surface area contributed by atoms with E-state index in [1.807, 2.05) is 0 Å². The molecular formula is C7H12O2. The predicted molar refractivity (Wildman–Crippen MR) is 34.0 cm³/mol. The number of ether oxygens (including phenoxy) is 1. The highest BCUT2D eigenvalue weighted by atomic mass is 16.5. The predicted octanol–water partition coefficient (Wildman–Crippen LogP) is 1.35. The Morgan fingerprint density at radius 1 is 1.67 bits per heavy atom. The zero-order valence-electron chi connectivity index (χ0n) is 5.67. The van der Waals surface area contributed by atoms with Crippen LogP contribution in [0, 0.1) is 5.92 Å². The number of carbonyl (C=O) groups is 1. The van der Waals surface area contributed by atoms with Gasteiger partial charge in [0, 0.05) is 0 Å². The van der Waals surface area contributed by atoms with Crippen molar-refractivity contribution in [2.75, 3.05) is 0 Å². The molecule has 1 aliphatic rings. The van der Waals surface area contributed by atoms with Crippen molar-refractivity contribution in [1.82, 2.24) is 0 Å². The molecule has 0 aliphatic heterocycles. The fourth-order valence-electron chi connectivity index (χ4n) is 1.26. The van der Waals surface area contributed by atoms with Gasteiger partial charge in [0.05, 0.1) is 0 Å². The van der Waals surface area contributed by atoms with Gasteiger partial charge >= 0.3 is 0 Å². The molecule has 1 saturated carbocycles. The van der Waals surface area contributed by atoms with Crippen molar-refractivity contribution in [1.29, 1.82) is 0 Å². The maximum absolute atomic E-state index is 9.85. The fraction of sp³-hybridized carbons (Fsp3) is 0.857. The molecular weight excluding hydrogens is 116 g/mol. The molecule has 2 atom stereocenters. The molecule has 0 spiro atoms. The number of hydrogen-bond donors (Lipinski definition) is 0. The summed E-state index contributed by atoms with van der Waals surface area (Å²) in [4.78, 5) is 9.85. The largest absolute Gasteiger partial charge is 0.464 e. The van der Waals surface area contributed by atoms with Gasteiger partial charge in [0.2, 0.25) is 0 Å². The van der Waals surface area contributed by atoms with Gasteiger partial charge in [-0.15, -0.1) is 0 Å². The first-order chi connectivity index (χ1) is 4.38. The van der Waals surface area contributed by atoms with Crippen LogP contribution < -0.4 is 0 Å². The topological polar surface area (TPSA) is 26.3 Å². The summed E-state index contributed by atoms with van der Waals surface area (Å²) in [5.41, 5.74) is 0. The van der Waals surface area contributed by atoms with E-state index in [4.69, 9.17) is 4.74 Å². The Morgan fingerprint density at radius 3 is 2.78 bits per heavy atom. The van der Waals surface area contributed by atoms with Gasteiger partial charge in [-0.25, -0.2) is 0 Å². The maximum Gasteiger partial charge on any atom is 0.293 e. The summed E-state index contributed by atoms with van der Waals surface area (Å²) in [6.07, 6.45) is 3.68. The van der Waals surface area contributed by atoms with Gasteiger partial charge in [-0.3, -0.25) is 4.79 Å². The lowest BCUT2D eigenvalue weighted by atomic mass is 9.80. The quantitative estimate of drug-likeness (QED) is 0.536. The molecule has 0 N–H and O–H groups in total. The van der Waals surface area contributed by atoms with Crippen molar-refractivity contribution in [2.24, 2.45) is 5.92 Å². The molecule has 0 heterocycles. The van der Waals surface area contributed by atoms with Gasteiger partial charge in [-0.1, -0.05) is 6.92 Å². The van der Waals surface area contributed by atoms with Crippen LogP contribution in [-0.4, -0.2) is 12.6 Å². The first kappa shape index (κ1) is 6.59. The van der Waals surface area contributed by atoms with E-state index in [1.54, 1.807) is 0 Å². The molecule has 2 heteroatoms. The van der Waals surface area contributed by atoms with Crippen molar-refractivity contribution in [3.05, 3.63) is 0 Å². The van der Waals surface area contributed by atoms with Crippen LogP contribution >= 0.6 is 0 Å². The Bertz CT molecular complexity index is 99.1. The summed E-state index contributed by atoms with van der Waals surface area (Å²) >= 11 is 0. The van der Waals surface area contributed by atoms with Crippen LogP contribution in [0.5, 0.6) is 0 Å². The molecule has 9 heavy (non-hydrogen) atoms. The molecule has 2 unspecified atom stereocenters. The summed E-state index contributed by atoms with van der Waals surface area (Å²) in [6, 6.07) is 0. The van der Waals surface area contributed by atoms with E-state index in [1.165, 1.54) is 6.42 Å². The average molecular weight is 128 g/mol. The third-order valence-electron chi connectivity index (χ3n) is 2.10. The van der Waals surface area contributed by atoms with E-state index in [0.717, 1.165) is 12.8 Å². The van der Waals surface area contributed by atoms with E-state index in [2.05, 4.69) is 6.92 Å². The third-order valence-corrected chi connectivity index (χ3v) is 2.10. The standard InChI is InChI=1S/C7H12O2/c1-2-6-3-4-7(6)9-5-8/h5-7H,2-4H2,1H3. The zero-order chi connectivity index (χ0) is 6.69. The molecule has 0 aromatic rings. The van der Waals surface area contributed by atoms with Gasteiger partial charge in [-0.05, 0) is 25.2 Å². The Balaban J connectivity index is 2.18. The summed E-state index contributed by atoms with van der Waals surface area (Å²) in [6.45, 7) is 2.69. The van der Waals surface area contributed by atoms with E-state index < -0.39 is 0 Å². The molecule has 52 valence electrons. The molecule has 0 bridgehead atoms. The molecule has 2 nitrogen and oxygen atoms in total. The molecule has 1 aliphatic carbocycles. The van der Waals surface area contributed by atoms with Crippen molar-refractivity contribution < 1.29 is 9.53 Å². The van der Waals surface area contributed by atoms with E-state index in [0.29, 0.717) is 12.4 Å². The van der Waals surface area contributed by atoms with Gasteiger partial charge in [0.25, 0.3) is 6.47 Å². The summed E-state index contributed by atoms with van der Waals surface area (Å²) in [5, 5.41) is 0. The number of carbonyl (C=O) groups excluding carboxylic acids is 1. The molecule has 0 aromatic carbocycles. The van der Waals surface area contributed by atoms with Gasteiger partial charge < -0.3 is 4.74 Å². The number of hydrogen-bond acceptors (Lipinski definition) is 2. The third kappa shape index (κ3) is 1.23. The van der Waals surface area contributed by atoms with Crippen LogP contribution in [0.15, 0.2) is 0 Å². The van der Waals surface area contributed by atoms with Crippen LogP contribution in [0.2, 0.25) is 0 Å². The van der Waals surface area contributed by atoms with Crippen LogP contribution in [0.1, 0.15) is 26.2 Å². The molecule has 0 amide bonds. The smallest absolute Gasteiger partial charge is 0.293 e. The SMILES string of the molecule is CCC1CCC1OC=O. The first-order valence-electron chi connectivity index (χ1n) is 3.47. The second kappa shape index (κ2) is 2.85. The summed E-state index contributed by atoms with van der Waals surface area (Å²) < 4.78 is 4.80. The highest BCUT2D eigenvalue weighted by Crippen LogP contribution is 2.31. The van der Waals surface area contributed by atoms with Crippen molar-refractivity contribution in [3.8, 4) is 0 Å². The Morgan fingerprint density at radius 2 is 2.44 bits per heavy atom. The second-order valence-electron chi connectivity index (χ2n) is 2.52. The van der Waals surface area contributed by atoms with Crippen LogP contribution in [0.25, 0.3) is 0 Å². The van der Waals surface area contributed by atoms with E-state index in [9.17, 15) is 4.79 Å². The average Bonchev–Trinajstić information content (AvgIpc) is 1.82. The lowest BCUT2D eigenvalue weighted by molar-refractivity contribution is -0.142. The monoisotopic (exact) mass is 128 g/mol. The number of rotatable bonds is 3. The fourth-order valence-corrected chi connectivity index (χ4v) is 1.26. The Hall–Kier alpha value is -0.530. The lowest BCUT2D eigenvalue weighted by Gasteiger charge is -2.33.